The Bertz CT molecular complexity index is 431. The van der Waals surface area contributed by atoms with Gasteiger partial charge >= 0.3 is 0 Å². The SMILES string of the molecule is CCC(N)CNS(=O)(=O)c1ccc(Br)cc1. The van der Waals surface area contributed by atoms with Crippen LogP contribution >= 0.6 is 15.9 Å². The quantitative estimate of drug-likeness (QED) is 0.865. The van der Waals surface area contributed by atoms with Gasteiger partial charge in [-0.1, -0.05) is 22.9 Å². The highest BCUT2D eigenvalue weighted by Crippen LogP contribution is 2.14. The average molecular weight is 307 g/mol. The van der Waals surface area contributed by atoms with Crippen LogP contribution in [0.3, 0.4) is 0 Å². The zero-order valence-electron chi connectivity index (χ0n) is 8.98. The third kappa shape index (κ3) is 3.86. The molecule has 0 amide bonds. The summed E-state index contributed by atoms with van der Waals surface area (Å²) in [5, 5.41) is 0. The van der Waals surface area contributed by atoms with E-state index in [1.807, 2.05) is 6.92 Å². The Hall–Kier alpha value is -0.430. The highest BCUT2D eigenvalue weighted by molar-refractivity contribution is 9.10. The molecule has 0 radical (unpaired) electrons. The van der Waals surface area contributed by atoms with Gasteiger partial charge in [0.2, 0.25) is 10.0 Å². The van der Waals surface area contributed by atoms with Gasteiger partial charge in [0.1, 0.15) is 0 Å². The highest BCUT2D eigenvalue weighted by Gasteiger charge is 2.14. The maximum Gasteiger partial charge on any atom is 0.240 e. The first-order chi connectivity index (χ1) is 7.45. The van der Waals surface area contributed by atoms with Crippen LogP contribution in [-0.2, 0) is 10.0 Å². The van der Waals surface area contributed by atoms with Gasteiger partial charge in [-0.15, -0.1) is 0 Å². The maximum absolute atomic E-state index is 11.8. The Labute approximate surface area is 104 Å². The number of nitrogens with two attached hydrogens (primary N) is 1. The van der Waals surface area contributed by atoms with Crippen molar-refractivity contribution in [3.8, 4) is 0 Å². The number of halogens is 1. The van der Waals surface area contributed by atoms with E-state index in [-0.39, 0.29) is 17.5 Å². The summed E-state index contributed by atoms with van der Waals surface area (Å²) >= 11 is 3.25. The van der Waals surface area contributed by atoms with E-state index in [4.69, 9.17) is 5.73 Å². The maximum atomic E-state index is 11.8. The lowest BCUT2D eigenvalue weighted by Gasteiger charge is -2.10. The summed E-state index contributed by atoms with van der Waals surface area (Å²) in [7, 11) is -3.43. The van der Waals surface area contributed by atoms with E-state index in [9.17, 15) is 8.42 Å². The molecule has 90 valence electrons. The standard InChI is InChI=1S/C10H15BrN2O2S/c1-2-9(12)7-13-16(14,15)10-5-3-8(11)4-6-10/h3-6,9,13H,2,7,12H2,1H3. The van der Waals surface area contributed by atoms with Crippen LogP contribution in [0.2, 0.25) is 0 Å². The van der Waals surface area contributed by atoms with E-state index in [2.05, 4.69) is 20.7 Å². The van der Waals surface area contributed by atoms with Crippen molar-refractivity contribution in [2.45, 2.75) is 24.3 Å². The normalized spacial score (nSPS) is 13.7. The minimum atomic E-state index is -3.43. The first kappa shape index (κ1) is 13.6. The molecule has 0 fully saturated rings. The largest absolute Gasteiger partial charge is 0.327 e. The van der Waals surface area contributed by atoms with Crippen molar-refractivity contribution in [1.29, 1.82) is 0 Å². The predicted octanol–water partition coefficient (Wildman–Crippen LogP) is 1.46. The van der Waals surface area contributed by atoms with Crippen LogP contribution in [-0.4, -0.2) is 21.0 Å². The van der Waals surface area contributed by atoms with Crippen molar-refractivity contribution in [1.82, 2.24) is 4.72 Å². The molecule has 0 saturated carbocycles. The van der Waals surface area contributed by atoms with E-state index >= 15 is 0 Å². The summed E-state index contributed by atoms with van der Waals surface area (Å²) in [6.45, 7) is 2.17. The van der Waals surface area contributed by atoms with Crippen molar-refractivity contribution in [2.24, 2.45) is 5.73 Å². The van der Waals surface area contributed by atoms with Gasteiger partial charge in [-0.05, 0) is 30.7 Å². The van der Waals surface area contributed by atoms with Crippen molar-refractivity contribution in [2.75, 3.05) is 6.54 Å². The van der Waals surface area contributed by atoms with Crippen LogP contribution in [0.4, 0.5) is 0 Å². The minimum absolute atomic E-state index is 0.148. The molecular weight excluding hydrogens is 292 g/mol. The van der Waals surface area contributed by atoms with E-state index in [1.54, 1.807) is 24.3 Å². The molecule has 1 rings (SSSR count). The van der Waals surface area contributed by atoms with Gasteiger partial charge in [0.05, 0.1) is 4.90 Å². The van der Waals surface area contributed by atoms with Crippen molar-refractivity contribution in [3.63, 3.8) is 0 Å². The summed E-state index contributed by atoms with van der Waals surface area (Å²) in [5.41, 5.74) is 5.65. The van der Waals surface area contributed by atoms with Crippen LogP contribution in [0.25, 0.3) is 0 Å². The van der Waals surface area contributed by atoms with E-state index < -0.39 is 10.0 Å². The van der Waals surface area contributed by atoms with Crippen molar-refractivity contribution >= 4 is 26.0 Å². The van der Waals surface area contributed by atoms with Gasteiger partial charge in [-0.3, -0.25) is 0 Å². The molecule has 0 aliphatic carbocycles. The Balaban J connectivity index is 2.74. The molecular formula is C10H15BrN2O2S. The number of rotatable bonds is 5. The fourth-order valence-electron chi connectivity index (χ4n) is 1.06. The number of hydrogen-bond acceptors (Lipinski definition) is 3. The third-order valence-electron chi connectivity index (χ3n) is 2.18. The third-order valence-corrected chi connectivity index (χ3v) is 4.15. The second-order valence-corrected chi connectivity index (χ2v) is 6.16. The zero-order valence-corrected chi connectivity index (χ0v) is 11.4. The van der Waals surface area contributed by atoms with Crippen LogP contribution < -0.4 is 10.5 Å². The number of sulfonamides is 1. The molecule has 0 aliphatic rings. The van der Waals surface area contributed by atoms with Crippen molar-refractivity contribution < 1.29 is 8.42 Å². The molecule has 6 heteroatoms. The lowest BCUT2D eigenvalue weighted by atomic mass is 10.2. The number of nitrogens with one attached hydrogen (secondary N) is 1. The minimum Gasteiger partial charge on any atom is -0.327 e. The molecule has 4 nitrogen and oxygen atoms in total. The fourth-order valence-corrected chi connectivity index (χ4v) is 2.42. The van der Waals surface area contributed by atoms with Crippen LogP contribution in [0.5, 0.6) is 0 Å². The molecule has 1 unspecified atom stereocenters. The van der Waals surface area contributed by atoms with E-state index in [0.29, 0.717) is 0 Å². The van der Waals surface area contributed by atoms with Gasteiger partial charge < -0.3 is 5.73 Å². The molecule has 0 bridgehead atoms. The Morgan fingerprint density at radius 3 is 2.44 bits per heavy atom. The molecule has 3 N–H and O–H groups in total. The van der Waals surface area contributed by atoms with Crippen LogP contribution in [0, 0.1) is 0 Å². The van der Waals surface area contributed by atoms with E-state index in [0.717, 1.165) is 10.9 Å². The summed E-state index contributed by atoms with van der Waals surface area (Å²) in [4.78, 5) is 0.249. The number of benzene rings is 1. The molecule has 16 heavy (non-hydrogen) atoms. The summed E-state index contributed by atoms with van der Waals surface area (Å²) in [5.74, 6) is 0. The summed E-state index contributed by atoms with van der Waals surface area (Å²) in [6.07, 6.45) is 0.739. The second-order valence-electron chi connectivity index (χ2n) is 3.47. The molecule has 1 aromatic carbocycles. The molecule has 1 atom stereocenters. The lowest BCUT2D eigenvalue weighted by Crippen LogP contribution is -2.36. The van der Waals surface area contributed by atoms with Gasteiger partial charge in [-0.25, -0.2) is 13.1 Å². The molecule has 0 heterocycles. The average Bonchev–Trinajstić information content (AvgIpc) is 2.26. The topological polar surface area (TPSA) is 72.2 Å². The van der Waals surface area contributed by atoms with Crippen LogP contribution in [0.15, 0.2) is 33.6 Å². The molecule has 0 saturated heterocycles. The first-order valence-electron chi connectivity index (χ1n) is 4.96. The molecule has 1 aromatic rings. The van der Waals surface area contributed by atoms with Crippen molar-refractivity contribution in [3.05, 3.63) is 28.7 Å². The van der Waals surface area contributed by atoms with E-state index in [1.165, 1.54) is 0 Å². The van der Waals surface area contributed by atoms with Gasteiger partial charge in [-0.2, -0.15) is 0 Å². The first-order valence-corrected chi connectivity index (χ1v) is 7.24. The zero-order chi connectivity index (χ0) is 12.2. The Morgan fingerprint density at radius 2 is 1.94 bits per heavy atom. The molecule has 0 aliphatic heterocycles. The highest BCUT2D eigenvalue weighted by atomic mass is 79.9. The number of hydrogen-bond donors (Lipinski definition) is 2. The monoisotopic (exact) mass is 306 g/mol. The Kier molecular flexibility index (Phi) is 4.91. The van der Waals surface area contributed by atoms with Gasteiger partial charge in [0.25, 0.3) is 0 Å². The van der Waals surface area contributed by atoms with Gasteiger partial charge in [0, 0.05) is 17.1 Å². The predicted molar refractivity (Wildman–Crippen MR) is 67.6 cm³/mol. The smallest absolute Gasteiger partial charge is 0.240 e. The van der Waals surface area contributed by atoms with Crippen LogP contribution in [0.1, 0.15) is 13.3 Å². The second kappa shape index (κ2) is 5.77. The molecule has 0 spiro atoms. The Morgan fingerprint density at radius 1 is 1.38 bits per heavy atom. The van der Waals surface area contributed by atoms with Gasteiger partial charge in [0.15, 0.2) is 0 Å². The fraction of sp³-hybridized carbons (Fsp3) is 0.400. The lowest BCUT2D eigenvalue weighted by molar-refractivity contribution is 0.564. The summed E-state index contributed by atoms with van der Waals surface area (Å²) < 4.78 is 26.9. The summed E-state index contributed by atoms with van der Waals surface area (Å²) in [6, 6.07) is 6.32. The molecule has 0 aromatic heterocycles.